The molecule has 0 aliphatic rings. The van der Waals surface area contributed by atoms with Crippen LogP contribution in [0.3, 0.4) is 0 Å². The van der Waals surface area contributed by atoms with E-state index in [0.717, 1.165) is 16.7 Å². The molecule has 4 aromatic carbocycles. The average Bonchev–Trinajstić information content (AvgIpc) is 3.73. The number of benzene rings is 4. The molecule has 0 saturated carbocycles. The number of ether oxygens (including phenoxy) is 2. The Morgan fingerprint density at radius 2 is 1.25 bits per heavy atom. The van der Waals surface area contributed by atoms with Crippen molar-refractivity contribution in [3.05, 3.63) is 148 Å². The van der Waals surface area contributed by atoms with Gasteiger partial charge >= 0.3 is 0 Å². The highest BCUT2D eigenvalue weighted by atomic mass is 35.5. The molecule has 218 valence electrons. The summed E-state index contributed by atoms with van der Waals surface area (Å²) in [5, 5.41) is 9.53. The first kappa shape index (κ1) is 29.0. The zero-order valence-electron chi connectivity index (χ0n) is 23.2. The average molecular weight is 623 g/mol. The smallest absolute Gasteiger partial charge is 0.189 e. The van der Waals surface area contributed by atoms with Crippen molar-refractivity contribution >= 4 is 35.1 Å². The third kappa shape index (κ3) is 7.26. The Bertz CT molecular complexity index is 1900. The minimum atomic E-state index is -0.224. The number of ketones is 1. The van der Waals surface area contributed by atoms with Crippen molar-refractivity contribution in [2.45, 2.75) is 13.2 Å². The standard InChI is InChI=1S/C35H24Cl2N2O5/c36-26-11-7-24(8-12-26)32-18-29(43-38-32)21-41-28-15-16-31(34(40)17-6-23-4-2-1-3-5-23)35(20-28)42-22-30-19-33(39-44-30)25-9-13-27(37)14-10-25/h1-20H,21-22H2/b17-6+. The molecule has 0 aliphatic carbocycles. The molecule has 0 aliphatic heterocycles. The summed E-state index contributed by atoms with van der Waals surface area (Å²) in [6.45, 7) is 0.160. The van der Waals surface area contributed by atoms with E-state index in [1.54, 1.807) is 60.7 Å². The van der Waals surface area contributed by atoms with Crippen molar-refractivity contribution in [3.63, 3.8) is 0 Å². The minimum absolute atomic E-state index is 0.0410. The van der Waals surface area contributed by atoms with E-state index >= 15 is 0 Å². The first-order valence-corrected chi connectivity index (χ1v) is 14.4. The Kier molecular flexibility index (Phi) is 8.87. The molecule has 6 aromatic rings. The molecule has 0 saturated heterocycles. The molecule has 6 rings (SSSR count). The molecule has 9 heteroatoms. The van der Waals surface area contributed by atoms with E-state index in [1.807, 2.05) is 54.6 Å². The van der Waals surface area contributed by atoms with E-state index in [4.69, 9.17) is 41.7 Å². The maximum Gasteiger partial charge on any atom is 0.189 e. The summed E-state index contributed by atoms with van der Waals surface area (Å²) >= 11 is 12.0. The molecule has 0 spiro atoms. The van der Waals surface area contributed by atoms with Gasteiger partial charge in [-0.2, -0.15) is 0 Å². The van der Waals surface area contributed by atoms with Gasteiger partial charge in [0.05, 0.1) is 5.56 Å². The topological polar surface area (TPSA) is 87.6 Å². The van der Waals surface area contributed by atoms with Gasteiger partial charge in [-0.1, -0.05) is 94.2 Å². The summed E-state index contributed by atoms with van der Waals surface area (Å²) in [4.78, 5) is 13.2. The summed E-state index contributed by atoms with van der Waals surface area (Å²) in [5.41, 5.74) is 4.31. The van der Waals surface area contributed by atoms with Gasteiger partial charge in [0.1, 0.15) is 36.1 Å². The maximum atomic E-state index is 13.2. The normalized spacial score (nSPS) is 11.1. The van der Waals surface area contributed by atoms with Gasteiger partial charge in [-0.25, -0.2) is 0 Å². The Morgan fingerprint density at radius 1 is 0.682 bits per heavy atom. The number of carbonyl (C=O) groups excluding carboxylic acids is 1. The second-order valence-electron chi connectivity index (χ2n) is 9.71. The van der Waals surface area contributed by atoms with Crippen molar-refractivity contribution in [1.82, 2.24) is 10.3 Å². The van der Waals surface area contributed by atoms with E-state index in [1.165, 1.54) is 6.08 Å². The quantitative estimate of drug-likeness (QED) is 0.105. The third-order valence-corrected chi connectivity index (χ3v) is 7.10. The molecule has 7 nitrogen and oxygen atoms in total. The van der Waals surface area contributed by atoms with Gasteiger partial charge in [-0.3, -0.25) is 4.79 Å². The number of nitrogens with zero attached hydrogens (tertiary/aromatic N) is 2. The zero-order valence-corrected chi connectivity index (χ0v) is 24.7. The Labute approximate surface area is 263 Å². The predicted octanol–water partition coefficient (Wildman–Crippen LogP) is 9.36. The first-order valence-electron chi connectivity index (χ1n) is 13.6. The summed E-state index contributed by atoms with van der Waals surface area (Å²) in [5.74, 6) is 1.59. The third-order valence-electron chi connectivity index (χ3n) is 6.59. The fourth-order valence-electron chi connectivity index (χ4n) is 4.32. The highest BCUT2D eigenvalue weighted by Crippen LogP contribution is 2.29. The van der Waals surface area contributed by atoms with Crippen LogP contribution in [-0.2, 0) is 13.2 Å². The Balaban J connectivity index is 1.19. The van der Waals surface area contributed by atoms with Crippen LogP contribution in [0.1, 0.15) is 27.4 Å². The van der Waals surface area contributed by atoms with E-state index < -0.39 is 0 Å². The van der Waals surface area contributed by atoms with Crippen molar-refractivity contribution < 1.29 is 23.3 Å². The van der Waals surface area contributed by atoms with Crippen LogP contribution in [0.2, 0.25) is 10.0 Å². The number of allylic oxidation sites excluding steroid dienone is 1. The molecule has 0 N–H and O–H groups in total. The molecule has 44 heavy (non-hydrogen) atoms. The maximum absolute atomic E-state index is 13.2. The number of carbonyl (C=O) groups is 1. The molecule has 0 bridgehead atoms. The molecule has 0 amide bonds. The van der Waals surface area contributed by atoms with E-state index in [9.17, 15) is 4.79 Å². The molecule has 0 fully saturated rings. The van der Waals surface area contributed by atoms with Crippen molar-refractivity contribution in [2.75, 3.05) is 0 Å². The fourth-order valence-corrected chi connectivity index (χ4v) is 4.57. The number of aromatic nitrogens is 2. The van der Waals surface area contributed by atoms with Crippen molar-refractivity contribution in [1.29, 1.82) is 0 Å². The van der Waals surface area contributed by atoms with Crippen LogP contribution in [0.25, 0.3) is 28.6 Å². The van der Waals surface area contributed by atoms with Gasteiger partial charge in [0.25, 0.3) is 0 Å². The number of rotatable bonds is 11. The molecule has 0 atom stereocenters. The van der Waals surface area contributed by atoms with Crippen LogP contribution in [0.5, 0.6) is 11.5 Å². The summed E-state index contributed by atoms with van der Waals surface area (Å²) in [7, 11) is 0. The first-order chi connectivity index (χ1) is 21.5. The number of hydrogen-bond donors (Lipinski definition) is 0. The van der Waals surface area contributed by atoms with Crippen molar-refractivity contribution in [2.24, 2.45) is 0 Å². The molecule has 0 unspecified atom stereocenters. The molecular formula is C35H24Cl2N2O5. The molecular weight excluding hydrogens is 599 g/mol. The largest absolute Gasteiger partial charge is 0.485 e. The summed E-state index contributed by atoms with van der Waals surface area (Å²) in [6.07, 6.45) is 3.27. The van der Waals surface area contributed by atoms with Crippen LogP contribution < -0.4 is 9.47 Å². The number of halogens is 2. The van der Waals surface area contributed by atoms with Crippen LogP contribution in [0, 0.1) is 0 Å². The lowest BCUT2D eigenvalue weighted by Crippen LogP contribution is -2.03. The van der Waals surface area contributed by atoms with E-state index in [2.05, 4.69) is 10.3 Å². The van der Waals surface area contributed by atoms with Gasteiger partial charge in [0, 0.05) is 39.4 Å². The molecule has 2 aromatic heterocycles. The summed E-state index contributed by atoms with van der Waals surface area (Å²) < 4.78 is 23.0. The van der Waals surface area contributed by atoms with Crippen LogP contribution >= 0.6 is 23.2 Å². The lowest BCUT2D eigenvalue weighted by Gasteiger charge is -2.11. The molecule has 2 heterocycles. The van der Waals surface area contributed by atoms with E-state index in [0.29, 0.717) is 50.0 Å². The highest BCUT2D eigenvalue weighted by molar-refractivity contribution is 6.30. The lowest BCUT2D eigenvalue weighted by atomic mass is 10.1. The van der Waals surface area contributed by atoms with E-state index in [-0.39, 0.29) is 19.0 Å². The van der Waals surface area contributed by atoms with Gasteiger partial charge in [-0.15, -0.1) is 0 Å². The Hall–Kier alpha value is -5.11. The number of hydrogen-bond acceptors (Lipinski definition) is 7. The van der Waals surface area contributed by atoms with Gasteiger partial charge in [0.15, 0.2) is 17.3 Å². The molecule has 0 radical (unpaired) electrons. The van der Waals surface area contributed by atoms with Crippen LogP contribution in [-0.4, -0.2) is 16.1 Å². The SMILES string of the molecule is O=C(/C=C/c1ccccc1)c1ccc(OCc2cc(-c3ccc(Cl)cc3)no2)cc1OCc1cc(-c2ccc(Cl)cc2)no1. The predicted molar refractivity (Wildman–Crippen MR) is 169 cm³/mol. The van der Waals surface area contributed by atoms with Crippen LogP contribution in [0.4, 0.5) is 0 Å². The van der Waals surface area contributed by atoms with Crippen molar-refractivity contribution in [3.8, 4) is 34.0 Å². The minimum Gasteiger partial charge on any atom is -0.485 e. The Morgan fingerprint density at radius 3 is 1.84 bits per heavy atom. The second kappa shape index (κ2) is 13.5. The van der Waals surface area contributed by atoms with Crippen LogP contribution in [0.15, 0.2) is 124 Å². The summed E-state index contributed by atoms with van der Waals surface area (Å²) in [6, 6.07) is 32.8. The zero-order chi connectivity index (χ0) is 30.3. The second-order valence-corrected chi connectivity index (χ2v) is 10.6. The monoisotopic (exact) mass is 622 g/mol. The highest BCUT2D eigenvalue weighted by Gasteiger charge is 2.15. The lowest BCUT2D eigenvalue weighted by molar-refractivity contribution is 0.104. The van der Waals surface area contributed by atoms with Gasteiger partial charge < -0.3 is 18.5 Å². The fraction of sp³-hybridized carbons (Fsp3) is 0.0571. The van der Waals surface area contributed by atoms with Gasteiger partial charge in [0.2, 0.25) is 0 Å². The van der Waals surface area contributed by atoms with Gasteiger partial charge in [-0.05, 0) is 48.0 Å².